The second-order valence-corrected chi connectivity index (χ2v) is 6.58. The molecule has 1 aliphatic rings. The molecule has 0 atom stereocenters. The fraction of sp³-hybridized carbons (Fsp3) is 0.381. The van der Waals surface area contributed by atoms with Crippen LogP contribution in [-0.2, 0) is 17.6 Å². The second-order valence-electron chi connectivity index (χ2n) is 6.58. The summed E-state index contributed by atoms with van der Waals surface area (Å²) in [4.78, 5) is 17.0. The van der Waals surface area contributed by atoms with Crippen LogP contribution in [0, 0.1) is 0 Å². The van der Waals surface area contributed by atoms with Gasteiger partial charge in [0.1, 0.15) is 0 Å². The largest absolute Gasteiger partial charge is 0.329 e. The van der Waals surface area contributed by atoms with Crippen molar-refractivity contribution in [1.82, 2.24) is 4.90 Å². The van der Waals surface area contributed by atoms with Gasteiger partial charge >= 0.3 is 0 Å². The van der Waals surface area contributed by atoms with Crippen molar-refractivity contribution in [2.75, 3.05) is 37.6 Å². The number of hydrogen-bond donors (Lipinski definition) is 1. The van der Waals surface area contributed by atoms with Gasteiger partial charge in [0.2, 0.25) is 5.91 Å². The first-order valence-corrected chi connectivity index (χ1v) is 9.12. The third-order valence-electron chi connectivity index (χ3n) is 4.78. The summed E-state index contributed by atoms with van der Waals surface area (Å²) in [5.41, 5.74) is 9.41. The van der Waals surface area contributed by atoms with Crippen molar-refractivity contribution >= 4 is 11.6 Å². The number of carbonyl (C=O) groups excluding carboxylic acids is 1. The third-order valence-corrected chi connectivity index (χ3v) is 4.78. The highest BCUT2D eigenvalue weighted by atomic mass is 16.2. The first-order valence-electron chi connectivity index (χ1n) is 9.12. The summed E-state index contributed by atoms with van der Waals surface area (Å²) in [7, 11) is 0. The van der Waals surface area contributed by atoms with Crippen LogP contribution in [0.15, 0.2) is 54.6 Å². The Labute approximate surface area is 150 Å². The van der Waals surface area contributed by atoms with Gasteiger partial charge in [0, 0.05) is 31.9 Å². The fourth-order valence-electron chi connectivity index (χ4n) is 3.45. The van der Waals surface area contributed by atoms with Crippen LogP contribution in [0.25, 0.3) is 0 Å². The van der Waals surface area contributed by atoms with Gasteiger partial charge in [-0.1, -0.05) is 48.5 Å². The van der Waals surface area contributed by atoms with Crippen LogP contribution in [0.1, 0.15) is 17.5 Å². The highest BCUT2D eigenvalue weighted by molar-refractivity contribution is 5.95. The molecule has 0 aromatic heterocycles. The molecule has 0 fully saturated rings. The minimum atomic E-state index is 0.175. The minimum absolute atomic E-state index is 0.175. The van der Waals surface area contributed by atoms with Gasteiger partial charge < -0.3 is 10.6 Å². The Morgan fingerprint density at radius 1 is 1.04 bits per heavy atom. The van der Waals surface area contributed by atoms with Crippen LogP contribution < -0.4 is 10.6 Å². The number of carbonyl (C=O) groups is 1. The van der Waals surface area contributed by atoms with Crippen LogP contribution in [0.4, 0.5) is 5.69 Å². The average molecular weight is 337 g/mol. The lowest BCUT2D eigenvalue weighted by molar-refractivity contribution is -0.119. The smallest absolute Gasteiger partial charge is 0.241 e. The topological polar surface area (TPSA) is 49.6 Å². The van der Waals surface area contributed by atoms with E-state index in [2.05, 4.69) is 41.3 Å². The number of anilines is 1. The molecule has 0 spiro atoms. The number of nitrogens with two attached hydrogens (primary N) is 1. The first kappa shape index (κ1) is 17.6. The van der Waals surface area contributed by atoms with Gasteiger partial charge in [-0.25, -0.2) is 0 Å². The van der Waals surface area contributed by atoms with E-state index in [4.69, 9.17) is 5.73 Å². The Morgan fingerprint density at radius 3 is 2.60 bits per heavy atom. The number of aryl methyl sites for hydroxylation is 1. The molecule has 4 nitrogen and oxygen atoms in total. The minimum Gasteiger partial charge on any atom is -0.329 e. The summed E-state index contributed by atoms with van der Waals surface area (Å²) in [6.07, 6.45) is 3.02. The molecule has 1 amide bonds. The van der Waals surface area contributed by atoms with Gasteiger partial charge in [-0.05, 0) is 36.5 Å². The standard InChI is InChI=1S/C21H27N3O/c22-13-16-23(15-12-18-7-2-1-3-8-18)17-21(25)24-14-6-10-19-9-4-5-11-20(19)24/h1-5,7-9,11H,6,10,12-17,22H2. The normalized spacial score (nSPS) is 13.8. The van der Waals surface area contributed by atoms with E-state index in [1.54, 1.807) is 0 Å². The van der Waals surface area contributed by atoms with Gasteiger partial charge in [-0.15, -0.1) is 0 Å². The number of hydrogen-bond acceptors (Lipinski definition) is 3. The average Bonchev–Trinajstić information content (AvgIpc) is 2.66. The summed E-state index contributed by atoms with van der Waals surface area (Å²) in [6.45, 7) is 3.40. The molecular weight excluding hydrogens is 310 g/mol. The Hall–Kier alpha value is -2.17. The third kappa shape index (κ3) is 4.68. The Kier molecular flexibility index (Phi) is 6.20. The molecule has 1 aliphatic heterocycles. The maximum atomic E-state index is 12.9. The van der Waals surface area contributed by atoms with Gasteiger partial charge in [-0.3, -0.25) is 9.69 Å². The van der Waals surface area contributed by atoms with E-state index < -0.39 is 0 Å². The molecule has 0 radical (unpaired) electrons. The molecule has 2 aromatic rings. The van der Waals surface area contributed by atoms with Gasteiger partial charge in [0.05, 0.1) is 6.54 Å². The molecule has 0 aliphatic carbocycles. The van der Waals surface area contributed by atoms with Crippen molar-refractivity contribution in [3.63, 3.8) is 0 Å². The monoisotopic (exact) mass is 337 g/mol. The SMILES string of the molecule is NCCN(CCc1ccccc1)CC(=O)N1CCCc2ccccc21. The molecule has 1 heterocycles. The van der Waals surface area contributed by atoms with Crippen molar-refractivity contribution in [2.24, 2.45) is 5.73 Å². The molecule has 25 heavy (non-hydrogen) atoms. The lowest BCUT2D eigenvalue weighted by Gasteiger charge is -2.31. The van der Waals surface area contributed by atoms with Crippen molar-refractivity contribution in [3.05, 3.63) is 65.7 Å². The van der Waals surface area contributed by atoms with Gasteiger partial charge in [-0.2, -0.15) is 0 Å². The molecule has 2 aromatic carbocycles. The number of nitrogens with zero attached hydrogens (tertiary/aromatic N) is 2. The van der Waals surface area contributed by atoms with E-state index in [1.807, 2.05) is 23.1 Å². The predicted molar refractivity (Wildman–Crippen MR) is 103 cm³/mol. The zero-order valence-corrected chi connectivity index (χ0v) is 14.7. The number of amides is 1. The first-order chi connectivity index (χ1) is 12.3. The lowest BCUT2D eigenvalue weighted by Crippen LogP contribution is -2.44. The zero-order valence-electron chi connectivity index (χ0n) is 14.7. The van der Waals surface area contributed by atoms with E-state index in [0.717, 1.165) is 44.6 Å². The van der Waals surface area contributed by atoms with E-state index in [9.17, 15) is 4.79 Å². The second kappa shape index (κ2) is 8.79. The summed E-state index contributed by atoms with van der Waals surface area (Å²) >= 11 is 0. The van der Waals surface area contributed by atoms with Gasteiger partial charge in [0.15, 0.2) is 0 Å². The zero-order chi connectivity index (χ0) is 17.5. The van der Waals surface area contributed by atoms with Crippen LogP contribution in [0.3, 0.4) is 0 Å². The van der Waals surface area contributed by atoms with Gasteiger partial charge in [0.25, 0.3) is 0 Å². The quantitative estimate of drug-likeness (QED) is 0.844. The number of rotatable bonds is 7. The van der Waals surface area contributed by atoms with E-state index in [0.29, 0.717) is 13.1 Å². The maximum Gasteiger partial charge on any atom is 0.241 e. The Morgan fingerprint density at radius 2 is 1.80 bits per heavy atom. The van der Waals surface area contributed by atoms with Crippen molar-refractivity contribution in [2.45, 2.75) is 19.3 Å². The number of benzene rings is 2. The fourth-order valence-corrected chi connectivity index (χ4v) is 3.45. The van der Waals surface area contributed by atoms with E-state index in [1.165, 1.54) is 11.1 Å². The van der Waals surface area contributed by atoms with Crippen LogP contribution >= 0.6 is 0 Å². The van der Waals surface area contributed by atoms with Crippen molar-refractivity contribution < 1.29 is 4.79 Å². The summed E-state index contributed by atoms with van der Waals surface area (Å²) in [5, 5.41) is 0. The Bertz CT molecular complexity index is 687. The molecular formula is C21H27N3O. The van der Waals surface area contributed by atoms with Crippen LogP contribution in [0.5, 0.6) is 0 Å². The molecule has 3 rings (SSSR count). The van der Waals surface area contributed by atoms with Crippen molar-refractivity contribution in [3.8, 4) is 0 Å². The molecule has 132 valence electrons. The summed E-state index contributed by atoms with van der Waals surface area (Å²) < 4.78 is 0. The molecule has 0 unspecified atom stereocenters. The molecule has 4 heteroatoms. The van der Waals surface area contributed by atoms with Crippen molar-refractivity contribution in [1.29, 1.82) is 0 Å². The summed E-state index contributed by atoms with van der Waals surface area (Å²) in [5.74, 6) is 0.175. The Balaban J connectivity index is 1.63. The summed E-state index contributed by atoms with van der Waals surface area (Å²) in [6, 6.07) is 18.6. The predicted octanol–water partition coefficient (Wildman–Crippen LogP) is 2.47. The number of fused-ring (bicyclic) bond motifs is 1. The highest BCUT2D eigenvalue weighted by Crippen LogP contribution is 2.26. The van der Waals surface area contributed by atoms with E-state index >= 15 is 0 Å². The highest BCUT2D eigenvalue weighted by Gasteiger charge is 2.23. The number of para-hydroxylation sites is 1. The van der Waals surface area contributed by atoms with Crippen LogP contribution in [-0.4, -0.2) is 43.5 Å². The molecule has 2 N–H and O–H groups in total. The molecule has 0 saturated carbocycles. The lowest BCUT2D eigenvalue weighted by atomic mass is 10.0. The van der Waals surface area contributed by atoms with E-state index in [-0.39, 0.29) is 5.91 Å². The van der Waals surface area contributed by atoms with Crippen LogP contribution in [0.2, 0.25) is 0 Å². The maximum absolute atomic E-state index is 12.9. The molecule has 0 saturated heterocycles. The molecule has 0 bridgehead atoms.